The van der Waals surface area contributed by atoms with Crippen molar-refractivity contribution in [2.75, 3.05) is 58.7 Å². The molecular weight excluding hydrogens is 1030 g/mol. The first-order chi connectivity index (χ1) is 34.4. The average molecular weight is 1110 g/mol. The molecule has 414 valence electrons. The van der Waals surface area contributed by atoms with Gasteiger partial charge in [0, 0.05) is 62.5 Å². The number of nitrogens with zero attached hydrogens (tertiary/aromatic N) is 2. The van der Waals surface area contributed by atoms with Crippen LogP contribution in [0.3, 0.4) is 0 Å². The molecule has 1 aromatic carbocycles. The molecule has 0 unspecified atom stereocenters. The molecule has 74 heavy (non-hydrogen) atoms. The van der Waals surface area contributed by atoms with E-state index in [1.54, 1.807) is 31.3 Å². The molecule has 0 aromatic heterocycles. The zero-order chi connectivity index (χ0) is 55.5. The van der Waals surface area contributed by atoms with Crippen molar-refractivity contribution in [1.82, 2.24) is 20.9 Å². The van der Waals surface area contributed by atoms with Crippen molar-refractivity contribution in [2.24, 2.45) is 22.7 Å². The first-order valence-corrected chi connectivity index (χ1v) is 28.4. The van der Waals surface area contributed by atoms with Crippen LogP contribution in [0.15, 0.2) is 35.9 Å². The van der Waals surface area contributed by atoms with Crippen molar-refractivity contribution < 1.29 is 62.4 Å². The van der Waals surface area contributed by atoms with Crippen molar-refractivity contribution in [3.05, 3.63) is 46.5 Å². The Labute approximate surface area is 454 Å². The van der Waals surface area contributed by atoms with Crippen molar-refractivity contribution in [3.8, 4) is 5.75 Å². The van der Waals surface area contributed by atoms with Gasteiger partial charge in [-0.1, -0.05) is 94.7 Å². The molecule has 22 heteroatoms. The van der Waals surface area contributed by atoms with E-state index in [-0.39, 0.29) is 83.7 Å². The largest absolute Gasteiger partial charge is 0.495 e. The van der Waals surface area contributed by atoms with E-state index < -0.39 is 69.7 Å². The fourth-order valence-corrected chi connectivity index (χ4v) is 12.1. The Hall–Kier alpha value is -4.15. The number of nitrogens with one attached hydrogen (secondary N) is 3. The Morgan fingerprint density at radius 1 is 1.05 bits per heavy atom. The second-order valence-corrected chi connectivity index (χ2v) is 26.2. The minimum Gasteiger partial charge on any atom is -0.495 e. The van der Waals surface area contributed by atoms with E-state index in [4.69, 9.17) is 35.3 Å². The van der Waals surface area contributed by atoms with Gasteiger partial charge < -0.3 is 49.2 Å². The molecule has 2 fully saturated rings. The van der Waals surface area contributed by atoms with Gasteiger partial charge >= 0.3 is 18.2 Å². The number of ether oxygens (including phenoxy) is 5. The van der Waals surface area contributed by atoms with Gasteiger partial charge in [-0.15, -0.1) is 11.8 Å². The summed E-state index contributed by atoms with van der Waals surface area (Å²) in [7, 11) is 8.46. The van der Waals surface area contributed by atoms with Crippen molar-refractivity contribution in [2.45, 2.75) is 148 Å². The molecule has 0 radical (unpaired) electrons. The number of methoxy groups -OCH3 is 2. The van der Waals surface area contributed by atoms with E-state index in [0.29, 0.717) is 30.7 Å². The van der Waals surface area contributed by atoms with E-state index in [2.05, 4.69) is 16.0 Å². The monoisotopic (exact) mass is 1110 g/mol. The lowest BCUT2D eigenvalue weighted by Crippen LogP contribution is -2.63. The predicted octanol–water partition coefficient (Wildman–Crippen LogP) is 7.86. The summed E-state index contributed by atoms with van der Waals surface area (Å²) in [4.78, 5) is 95.2. The number of aliphatic hydroxyl groups is 1. The van der Waals surface area contributed by atoms with Crippen molar-refractivity contribution >= 4 is 91.6 Å². The highest BCUT2D eigenvalue weighted by Gasteiger charge is 2.58. The molecule has 2 aliphatic heterocycles. The van der Waals surface area contributed by atoms with E-state index in [0.717, 1.165) is 21.9 Å². The van der Waals surface area contributed by atoms with Gasteiger partial charge in [-0.05, 0) is 92.2 Å². The summed E-state index contributed by atoms with van der Waals surface area (Å²) in [6.07, 6.45) is 2.46. The van der Waals surface area contributed by atoms with Crippen LogP contribution in [0.4, 0.5) is 15.3 Å². The second-order valence-electron chi connectivity index (χ2n) is 21.5. The third-order valence-corrected chi connectivity index (χ3v) is 18.5. The molecule has 5 amide bonds. The number of halogens is 1. The van der Waals surface area contributed by atoms with Crippen LogP contribution in [0.25, 0.3) is 0 Å². The van der Waals surface area contributed by atoms with E-state index in [9.17, 15) is 38.7 Å². The van der Waals surface area contributed by atoms with Gasteiger partial charge in [-0.3, -0.25) is 24.5 Å². The highest BCUT2D eigenvalue weighted by atomic mass is 35.5. The zero-order valence-corrected chi connectivity index (χ0v) is 48.5. The Balaban J connectivity index is 1.39. The summed E-state index contributed by atoms with van der Waals surface area (Å²) < 4.78 is 28.0. The van der Waals surface area contributed by atoms with Crippen LogP contribution in [-0.4, -0.2) is 145 Å². The van der Waals surface area contributed by atoms with Gasteiger partial charge in [0.2, 0.25) is 16.9 Å². The number of benzene rings is 1. The quantitative estimate of drug-likeness (QED) is 0.0475. The molecule has 1 saturated heterocycles. The maximum absolute atomic E-state index is 14.8. The normalized spacial score (nSPS) is 26.4. The van der Waals surface area contributed by atoms with Crippen molar-refractivity contribution in [1.29, 1.82) is 0 Å². The zero-order valence-electron chi connectivity index (χ0n) is 45.3. The minimum atomic E-state index is -1.79. The number of allylic oxidation sites excluding steroid dienone is 3. The van der Waals surface area contributed by atoms with Gasteiger partial charge in [0.1, 0.15) is 35.6 Å². The molecule has 18 nitrogen and oxygen atoms in total. The van der Waals surface area contributed by atoms with E-state index in [1.165, 1.54) is 60.5 Å². The lowest BCUT2D eigenvalue weighted by atomic mass is 9.84. The first-order valence-electron chi connectivity index (χ1n) is 24.8. The number of fused-ring (bicyclic) bond motifs is 5. The number of amides is 5. The highest BCUT2D eigenvalue weighted by molar-refractivity contribution is 8.82. The SMILES string of the molecule is COc1cc2cc(c1Cl)N(C)C(=O)[C@H](OC(=O)[C@H](C)N(C)C(=O)CCC(C)(C)SCC(=O)NCCNC(=O)OC[C@H](C)SSC(=O)C(C)(C)C)C[C@@]1(C)C[C@H]1[C@H](C)[C@@H]1C[C@@](O)(NC(=O)O1)[C@H](OC)/C=C/C=C(\C)C2. The molecule has 9 atom stereocenters. The summed E-state index contributed by atoms with van der Waals surface area (Å²) in [5.74, 6) is -1.91. The Bertz CT molecular complexity index is 2280. The van der Waals surface area contributed by atoms with Crippen LogP contribution in [0, 0.1) is 22.7 Å². The van der Waals surface area contributed by atoms with Crippen LogP contribution in [-0.2, 0) is 49.3 Å². The molecule has 2 heterocycles. The van der Waals surface area contributed by atoms with Gasteiger partial charge in [0.05, 0.1) is 18.6 Å². The maximum Gasteiger partial charge on any atom is 0.409 e. The molecule has 4 bridgehead atoms. The van der Waals surface area contributed by atoms with Crippen LogP contribution < -0.4 is 25.6 Å². The molecular formula is C52H78ClN5O13S3. The first kappa shape index (κ1) is 62.4. The maximum atomic E-state index is 14.8. The Morgan fingerprint density at radius 2 is 1.73 bits per heavy atom. The molecule has 0 spiro atoms. The predicted molar refractivity (Wildman–Crippen MR) is 291 cm³/mol. The second kappa shape index (κ2) is 26.8. The summed E-state index contributed by atoms with van der Waals surface area (Å²) in [6, 6.07) is 2.47. The van der Waals surface area contributed by atoms with Gasteiger partial charge in [-0.2, -0.15) is 0 Å². The number of alkyl carbamates (subject to hydrolysis) is 2. The summed E-state index contributed by atoms with van der Waals surface area (Å²) >= 11 is 8.24. The number of rotatable bonds is 18. The third-order valence-electron chi connectivity index (χ3n) is 13.7. The summed E-state index contributed by atoms with van der Waals surface area (Å²) in [5, 5.41) is 19.9. The minimum absolute atomic E-state index is 0.0226. The van der Waals surface area contributed by atoms with E-state index >= 15 is 0 Å². The van der Waals surface area contributed by atoms with Crippen molar-refractivity contribution in [3.63, 3.8) is 0 Å². The Kier molecular flexibility index (Phi) is 22.6. The fourth-order valence-electron chi connectivity index (χ4n) is 8.66. The molecule has 1 saturated carbocycles. The number of anilines is 1. The topological polar surface area (TPSA) is 228 Å². The molecule has 4 N–H and O–H groups in total. The lowest BCUT2D eigenvalue weighted by molar-refractivity contribution is -0.163. The molecule has 3 aliphatic rings. The number of likely N-dealkylation sites (N-methyl/N-ethyl adjacent to an activating group) is 2. The lowest BCUT2D eigenvalue weighted by Gasteiger charge is -2.42. The number of esters is 1. The number of hydrogen-bond donors (Lipinski definition) is 4. The molecule has 1 aromatic rings. The molecule has 1 aliphatic carbocycles. The highest BCUT2D eigenvalue weighted by Crippen LogP contribution is 2.61. The van der Waals surface area contributed by atoms with E-state index in [1.807, 2.05) is 68.4 Å². The van der Waals surface area contributed by atoms with Crippen LogP contribution in [0.2, 0.25) is 5.02 Å². The molecule has 4 rings (SSSR count). The van der Waals surface area contributed by atoms with Gasteiger partial charge in [-0.25, -0.2) is 14.4 Å². The third kappa shape index (κ3) is 17.7. The number of hydrogen-bond acceptors (Lipinski definition) is 16. The number of thioether (sulfide) groups is 1. The van der Waals surface area contributed by atoms with Crippen LogP contribution in [0.5, 0.6) is 5.75 Å². The van der Waals surface area contributed by atoms with Crippen LogP contribution in [0.1, 0.15) is 107 Å². The standard InChI is InChI=1S/C52H78ClN5O13S3/c1-30-16-15-17-40(68-14)52(66)27-38(71-48(65)56-52)32(3)35-25-51(35,10)26-39(44(61)58(12)36-23-34(22-30)24-37(67-13)43(36)53)70-45(62)33(4)57(11)42(60)18-19-50(8,9)72-29-41(59)54-20-21-55-47(64)69-28-31(2)73-74-46(63)49(5,6)7/h15-17,23-24,31-33,35,38-40,66H,18-22,25-29H2,1-14H3,(H,54,59)(H,55,64)(H,56,65)/b17-15+,30-16+/t31-,32-,33-,35-,38-,39+,40+,51+,52-/m0/s1. The van der Waals surface area contributed by atoms with Crippen LogP contribution >= 0.6 is 45.0 Å². The van der Waals surface area contributed by atoms with Gasteiger partial charge in [0.15, 0.2) is 11.8 Å². The summed E-state index contributed by atoms with van der Waals surface area (Å²) in [6.45, 7) is 19.0. The fraction of sp³-hybridized carbons (Fsp3) is 0.673. The number of carbonyl (C=O) groups excluding carboxylic acids is 7. The average Bonchev–Trinajstić information content (AvgIpc) is 4.01. The number of carbonyl (C=O) groups is 7. The smallest absolute Gasteiger partial charge is 0.409 e. The van der Waals surface area contributed by atoms with Gasteiger partial charge in [0.25, 0.3) is 5.91 Å². The Morgan fingerprint density at radius 3 is 2.38 bits per heavy atom. The summed E-state index contributed by atoms with van der Waals surface area (Å²) in [5.41, 5.74) is -0.821.